The number of anilines is 1. The van der Waals surface area contributed by atoms with E-state index >= 15 is 0 Å². The molecule has 0 aliphatic heterocycles. The van der Waals surface area contributed by atoms with Crippen LogP contribution in [0.15, 0.2) is 24.3 Å². The Morgan fingerprint density at radius 1 is 1.31 bits per heavy atom. The van der Waals surface area contributed by atoms with Crippen molar-refractivity contribution in [3.8, 4) is 0 Å². The highest BCUT2D eigenvalue weighted by atomic mass is 28.4. The minimum atomic E-state index is -2.08. The molecule has 3 heteroatoms. The van der Waals surface area contributed by atoms with Gasteiger partial charge in [-0.25, -0.2) is 0 Å². The second-order valence-electron chi connectivity index (χ2n) is 5.69. The van der Waals surface area contributed by atoms with E-state index in [2.05, 4.69) is 19.9 Å². The number of hydrogen-bond acceptors (Lipinski definition) is 2. The van der Waals surface area contributed by atoms with Gasteiger partial charge in [-0.2, -0.15) is 0 Å². The fraction of sp³-hybridized carbons (Fsp3) is 0.538. The predicted octanol–water partition coefficient (Wildman–Crippen LogP) is 3.18. The van der Waals surface area contributed by atoms with Gasteiger partial charge in [-0.05, 0) is 48.7 Å². The number of benzene rings is 1. The van der Waals surface area contributed by atoms with Crippen LogP contribution in [0.3, 0.4) is 0 Å². The predicted molar refractivity (Wildman–Crippen MR) is 72.9 cm³/mol. The molecular weight excluding hydrogens is 214 g/mol. The van der Waals surface area contributed by atoms with Crippen LogP contribution in [0.5, 0.6) is 0 Å². The first kappa shape index (κ1) is 13.3. The largest absolute Gasteiger partial charge is 0.432 e. The van der Waals surface area contributed by atoms with E-state index in [1.54, 1.807) is 0 Å². The summed E-state index contributed by atoms with van der Waals surface area (Å²) in [5.74, 6) is 0. The van der Waals surface area contributed by atoms with E-state index < -0.39 is 8.32 Å². The third kappa shape index (κ3) is 3.35. The van der Waals surface area contributed by atoms with E-state index in [-0.39, 0.29) is 5.04 Å². The Morgan fingerprint density at radius 2 is 1.94 bits per heavy atom. The lowest BCUT2D eigenvalue weighted by atomic mass is 10.0. The third-order valence-corrected chi connectivity index (χ3v) is 7.21. The summed E-state index contributed by atoms with van der Waals surface area (Å²) in [4.78, 5) is 10.2. The summed E-state index contributed by atoms with van der Waals surface area (Å²) >= 11 is 0. The first-order chi connectivity index (χ1) is 7.22. The molecule has 0 unspecified atom stereocenters. The Bertz CT molecular complexity index is 355. The van der Waals surface area contributed by atoms with Gasteiger partial charge in [-0.15, -0.1) is 0 Å². The average Bonchev–Trinajstić information content (AvgIpc) is 2.13. The number of nitrogen functional groups attached to an aromatic ring is 1. The Hall–Kier alpha value is -0.803. The molecule has 1 aromatic rings. The molecule has 90 valence electrons. The maximum atomic E-state index is 10.2. The summed E-state index contributed by atoms with van der Waals surface area (Å²) in [5, 5.41) is 0.0393. The van der Waals surface area contributed by atoms with Gasteiger partial charge < -0.3 is 10.5 Å². The zero-order chi connectivity index (χ0) is 12.4. The molecule has 16 heavy (non-hydrogen) atoms. The van der Waals surface area contributed by atoms with Crippen LogP contribution in [-0.4, -0.2) is 13.1 Å². The molecular formula is C13H23NOSi. The Balaban J connectivity index is 2.65. The van der Waals surface area contributed by atoms with Crippen molar-refractivity contribution in [1.29, 1.82) is 0 Å². The van der Waals surface area contributed by atoms with E-state index in [0.29, 0.717) is 0 Å². The molecule has 0 fully saturated rings. The molecule has 0 aliphatic carbocycles. The monoisotopic (exact) mass is 237 g/mol. The molecule has 0 spiro atoms. The first-order valence-electron chi connectivity index (χ1n) is 5.79. The van der Waals surface area contributed by atoms with Gasteiger partial charge in [-0.3, -0.25) is 0 Å². The second-order valence-corrected chi connectivity index (χ2v) is 10.2. The number of nitrogens with two attached hydrogens (primary N) is 1. The standard InChI is InChI=1S/C13H23NOSi/c1-13(2,16(3,4)15)9-8-11-6-5-7-12(14)10-11/h5-7,10,15H,8-9,14H2,1-4H3. The van der Waals surface area contributed by atoms with Crippen LogP contribution >= 0.6 is 0 Å². The van der Waals surface area contributed by atoms with Crippen molar-refractivity contribution in [3.05, 3.63) is 29.8 Å². The van der Waals surface area contributed by atoms with Gasteiger partial charge in [0.25, 0.3) is 0 Å². The summed E-state index contributed by atoms with van der Waals surface area (Å²) in [6.07, 6.45) is 1.99. The van der Waals surface area contributed by atoms with E-state index in [1.807, 2.05) is 31.3 Å². The number of aryl methyl sites for hydroxylation is 1. The molecule has 0 atom stereocenters. The molecule has 1 aromatic carbocycles. The number of rotatable bonds is 4. The molecule has 0 saturated carbocycles. The normalized spacial score (nSPS) is 12.8. The molecule has 0 saturated heterocycles. The molecule has 0 aromatic heterocycles. The lowest BCUT2D eigenvalue weighted by molar-refractivity contribution is 0.451. The minimum absolute atomic E-state index is 0.0393. The van der Waals surface area contributed by atoms with E-state index in [4.69, 9.17) is 5.73 Å². The lowest BCUT2D eigenvalue weighted by Gasteiger charge is -2.35. The highest BCUT2D eigenvalue weighted by Crippen LogP contribution is 2.39. The topological polar surface area (TPSA) is 46.2 Å². The second kappa shape index (κ2) is 4.59. The van der Waals surface area contributed by atoms with Crippen LogP contribution in [0.25, 0.3) is 0 Å². The molecule has 0 amide bonds. The van der Waals surface area contributed by atoms with E-state index in [0.717, 1.165) is 18.5 Å². The van der Waals surface area contributed by atoms with Crippen molar-refractivity contribution >= 4 is 14.0 Å². The maximum absolute atomic E-state index is 10.2. The zero-order valence-corrected chi connectivity index (χ0v) is 11.7. The summed E-state index contributed by atoms with van der Waals surface area (Å²) in [5.41, 5.74) is 7.81. The van der Waals surface area contributed by atoms with Crippen LogP contribution in [0.2, 0.25) is 18.1 Å². The van der Waals surface area contributed by atoms with Crippen LogP contribution in [0, 0.1) is 0 Å². The van der Waals surface area contributed by atoms with Crippen molar-refractivity contribution in [1.82, 2.24) is 0 Å². The van der Waals surface area contributed by atoms with Gasteiger partial charge in [0, 0.05) is 5.69 Å². The maximum Gasteiger partial charge on any atom is 0.188 e. The van der Waals surface area contributed by atoms with Crippen molar-refractivity contribution in [2.45, 2.75) is 44.8 Å². The Kier molecular flexibility index (Phi) is 3.81. The van der Waals surface area contributed by atoms with Crippen molar-refractivity contribution in [3.63, 3.8) is 0 Å². The molecule has 0 bridgehead atoms. The van der Waals surface area contributed by atoms with Crippen LogP contribution in [0.4, 0.5) is 5.69 Å². The smallest absolute Gasteiger partial charge is 0.188 e. The fourth-order valence-electron chi connectivity index (χ4n) is 1.51. The first-order valence-corrected chi connectivity index (χ1v) is 8.74. The molecule has 2 nitrogen and oxygen atoms in total. The summed E-state index contributed by atoms with van der Waals surface area (Å²) < 4.78 is 0. The molecule has 0 aliphatic rings. The Morgan fingerprint density at radius 3 is 2.44 bits per heavy atom. The molecule has 0 radical (unpaired) electrons. The van der Waals surface area contributed by atoms with Crippen molar-refractivity contribution < 1.29 is 4.80 Å². The lowest BCUT2D eigenvalue weighted by Crippen LogP contribution is -2.39. The van der Waals surface area contributed by atoms with E-state index in [9.17, 15) is 4.80 Å². The zero-order valence-electron chi connectivity index (χ0n) is 10.7. The van der Waals surface area contributed by atoms with Gasteiger partial charge in [0.15, 0.2) is 8.32 Å². The SMILES string of the molecule is CC(C)(CCc1cccc(N)c1)[Si](C)(C)O. The molecule has 3 N–H and O–H groups in total. The highest BCUT2D eigenvalue weighted by molar-refractivity contribution is 6.72. The van der Waals surface area contributed by atoms with Gasteiger partial charge in [0.1, 0.15) is 0 Å². The van der Waals surface area contributed by atoms with E-state index in [1.165, 1.54) is 5.56 Å². The highest BCUT2D eigenvalue weighted by Gasteiger charge is 2.37. The summed E-state index contributed by atoms with van der Waals surface area (Å²) in [6.45, 7) is 8.33. The summed E-state index contributed by atoms with van der Waals surface area (Å²) in [6, 6.07) is 8.00. The minimum Gasteiger partial charge on any atom is -0.432 e. The number of hydrogen-bond donors (Lipinski definition) is 2. The quantitative estimate of drug-likeness (QED) is 0.624. The van der Waals surface area contributed by atoms with Crippen LogP contribution < -0.4 is 5.73 Å². The third-order valence-electron chi connectivity index (χ3n) is 3.65. The fourth-order valence-corrected chi connectivity index (χ4v) is 2.25. The van der Waals surface area contributed by atoms with Gasteiger partial charge in [0.2, 0.25) is 0 Å². The van der Waals surface area contributed by atoms with Gasteiger partial charge in [0.05, 0.1) is 0 Å². The van der Waals surface area contributed by atoms with Gasteiger partial charge in [-0.1, -0.05) is 26.0 Å². The Labute approximate surface area is 99.6 Å². The van der Waals surface area contributed by atoms with Crippen molar-refractivity contribution in [2.75, 3.05) is 5.73 Å². The van der Waals surface area contributed by atoms with Crippen LogP contribution in [-0.2, 0) is 6.42 Å². The average molecular weight is 237 g/mol. The molecule has 0 heterocycles. The van der Waals surface area contributed by atoms with Crippen LogP contribution in [0.1, 0.15) is 25.8 Å². The molecule has 1 rings (SSSR count). The van der Waals surface area contributed by atoms with Crippen molar-refractivity contribution in [2.24, 2.45) is 0 Å². The van der Waals surface area contributed by atoms with Gasteiger partial charge >= 0.3 is 0 Å². The summed E-state index contributed by atoms with van der Waals surface area (Å²) in [7, 11) is -2.08.